The zero-order valence-corrected chi connectivity index (χ0v) is 11.3. The Morgan fingerprint density at radius 1 is 1.47 bits per heavy atom. The third-order valence-corrected chi connectivity index (χ3v) is 3.92. The fraction of sp³-hybridized carbons (Fsp3) is 0.400. The van der Waals surface area contributed by atoms with Gasteiger partial charge in [-0.1, -0.05) is 18.2 Å². The van der Waals surface area contributed by atoms with Crippen LogP contribution in [-0.2, 0) is 16.0 Å². The first-order valence-electron chi connectivity index (χ1n) is 6.60. The van der Waals surface area contributed by atoms with E-state index in [0.717, 1.165) is 24.2 Å². The molecule has 1 atom stereocenters. The zero-order valence-electron chi connectivity index (χ0n) is 11.3. The average Bonchev–Trinajstić information content (AvgIpc) is 2.79. The van der Waals surface area contributed by atoms with Crippen LogP contribution >= 0.6 is 0 Å². The van der Waals surface area contributed by atoms with Crippen LogP contribution in [0.3, 0.4) is 0 Å². The maximum atomic E-state index is 12.0. The first-order valence-corrected chi connectivity index (χ1v) is 6.60. The molecule has 1 amide bonds. The number of carbonyl (C=O) groups excluding carboxylic acids is 1. The van der Waals surface area contributed by atoms with E-state index in [2.05, 4.69) is 30.1 Å². The van der Waals surface area contributed by atoms with Crippen molar-refractivity contribution >= 4 is 16.8 Å². The molecule has 2 aromatic rings. The molecule has 3 rings (SSSR count). The molecule has 19 heavy (non-hydrogen) atoms. The van der Waals surface area contributed by atoms with E-state index in [1.54, 1.807) is 7.11 Å². The van der Waals surface area contributed by atoms with E-state index >= 15 is 0 Å². The molecule has 0 aliphatic carbocycles. The fourth-order valence-electron chi connectivity index (χ4n) is 2.98. The quantitative estimate of drug-likeness (QED) is 0.898. The SMILES string of the molecule is COCC(=O)N1CCc2c([nH]c3ccccc23)[C@@H]1C. The highest BCUT2D eigenvalue weighted by molar-refractivity contribution is 5.86. The summed E-state index contributed by atoms with van der Waals surface area (Å²) in [5.74, 6) is 0.0549. The van der Waals surface area contributed by atoms with Crippen LogP contribution in [0.25, 0.3) is 10.9 Å². The number of H-pyrrole nitrogens is 1. The number of para-hydroxylation sites is 1. The van der Waals surface area contributed by atoms with Gasteiger partial charge in [-0.2, -0.15) is 0 Å². The van der Waals surface area contributed by atoms with Crippen molar-refractivity contribution in [2.45, 2.75) is 19.4 Å². The highest BCUT2D eigenvalue weighted by atomic mass is 16.5. The molecule has 1 N–H and O–H groups in total. The minimum Gasteiger partial charge on any atom is -0.375 e. The third kappa shape index (κ3) is 1.92. The number of hydrogen-bond donors (Lipinski definition) is 1. The van der Waals surface area contributed by atoms with Gasteiger partial charge < -0.3 is 14.6 Å². The second kappa shape index (κ2) is 4.70. The lowest BCUT2D eigenvalue weighted by atomic mass is 9.98. The minimum atomic E-state index is 0.0549. The molecule has 0 unspecified atom stereocenters. The van der Waals surface area contributed by atoms with Crippen LogP contribution in [-0.4, -0.2) is 36.1 Å². The number of carbonyl (C=O) groups is 1. The topological polar surface area (TPSA) is 45.3 Å². The van der Waals surface area contributed by atoms with Crippen LogP contribution in [0.5, 0.6) is 0 Å². The summed E-state index contributed by atoms with van der Waals surface area (Å²) >= 11 is 0. The number of benzene rings is 1. The summed E-state index contributed by atoms with van der Waals surface area (Å²) in [5, 5.41) is 1.28. The van der Waals surface area contributed by atoms with E-state index < -0.39 is 0 Å². The van der Waals surface area contributed by atoms with Crippen molar-refractivity contribution in [3.05, 3.63) is 35.5 Å². The molecule has 4 nitrogen and oxygen atoms in total. The normalized spacial score (nSPS) is 18.6. The molecular weight excluding hydrogens is 240 g/mol. The molecule has 0 saturated heterocycles. The lowest BCUT2D eigenvalue weighted by molar-refractivity contribution is -0.137. The van der Waals surface area contributed by atoms with E-state index in [1.165, 1.54) is 10.9 Å². The van der Waals surface area contributed by atoms with Gasteiger partial charge in [0.15, 0.2) is 0 Å². The van der Waals surface area contributed by atoms with Crippen LogP contribution in [0.15, 0.2) is 24.3 Å². The van der Waals surface area contributed by atoms with E-state index in [4.69, 9.17) is 4.74 Å². The van der Waals surface area contributed by atoms with Gasteiger partial charge in [-0.05, 0) is 25.0 Å². The molecule has 0 saturated carbocycles. The largest absolute Gasteiger partial charge is 0.375 e. The van der Waals surface area contributed by atoms with Crippen molar-refractivity contribution in [1.29, 1.82) is 0 Å². The Labute approximate surface area is 112 Å². The van der Waals surface area contributed by atoms with Crippen molar-refractivity contribution in [2.24, 2.45) is 0 Å². The first kappa shape index (κ1) is 12.2. The van der Waals surface area contributed by atoms with Gasteiger partial charge in [0.1, 0.15) is 6.61 Å². The van der Waals surface area contributed by atoms with Gasteiger partial charge in [0.05, 0.1) is 6.04 Å². The van der Waals surface area contributed by atoms with Crippen LogP contribution < -0.4 is 0 Å². The summed E-state index contributed by atoms with van der Waals surface area (Å²) < 4.78 is 4.95. The van der Waals surface area contributed by atoms with Crippen molar-refractivity contribution < 1.29 is 9.53 Å². The number of nitrogens with zero attached hydrogens (tertiary/aromatic N) is 1. The van der Waals surface area contributed by atoms with Crippen LogP contribution in [0, 0.1) is 0 Å². The Balaban J connectivity index is 1.99. The summed E-state index contributed by atoms with van der Waals surface area (Å²) in [6.45, 7) is 2.99. The Kier molecular flexibility index (Phi) is 3.03. The number of amides is 1. The van der Waals surface area contributed by atoms with E-state index in [0.29, 0.717) is 0 Å². The average molecular weight is 258 g/mol. The van der Waals surface area contributed by atoms with Crippen LogP contribution in [0.4, 0.5) is 0 Å². The zero-order chi connectivity index (χ0) is 13.4. The van der Waals surface area contributed by atoms with Crippen molar-refractivity contribution in [1.82, 2.24) is 9.88 Å². The Hall–Kier alpha value is -1.81. The number of ether oxygens (including phenoxy) is 1. The maximum absolute atomic E-state index is 12.0. The van der Waals surface area contributed by atoms with E-state index in [1.807, 2.05) is 11.0 Å². The predicted octanol–water partition coefficient (Wildman–Crippen LogP) is 2.26. The monoisotopic (exact) mass is 258 g/mol. The van der Waals surface area contributed by atoms with Crippen LogP contribution in [0.2, 0.25) is 0 Å². The van der Waals surface area contributed by atoms with Crippen molar-refractivity contribution in [2.75, 3.05) is 20.3 Å². The number of rotatable bonds is 2. The molecule has 1 aromatic carbocycles. The summed E-state index contributed by atoms with van der Waals surface area (Å²) in [5.41, 5.74) is 3.67. The summed E-state index contributed by atoms with van der Waals surface area (Å²) in [6, 6.07) is 8.40. The standard InChI is InChI=1S/C15H18N2O2/c1-10-15-12(7-8-17(10)14(18)9-19-2)11-5-3-4-6-13(11)16-15/h3-6,10,16H,7-9H2,1-2H3/t10-/m0/s1. The molecule has 4 heteroatoms. The molecule has 0 radical (unpaired) electrons. The lowest BCUT2D eigenvalue weighted by Crippen LogP contribution is -2.40. The fourth-order valence-corrected chi connectivity index (χ4v) is 2.98. The van der Waals surface area contributed by atoms with Gasteiger partial charge in [-0.15, -0.1) is 0 Å². The summed E-state index contributed by atoms with van der Waals surface area (Å²) in [7, 11) is 1.56. The van der Waals surface area contributed by atoms with E-state index in [-0.39, 0.29) is 18.6 Å². The van der Waals surface area contributed by atoms with Crippen molar-refractivity contribution in [3.8, 4) is 0 Å². The maximum Gasteiger partial charge on any atom is 0.249 e. The Morgan fingerprint density at radius 3 is 3.05 bits per heavy atom. The second-order valence-electron chi connectivity index (χ2n) is 5.01. The lowest BCUT2D eigenvalue weighted by Gasteiger charge is -2.33. The number of fused-ring (bicyclic) bond motifs is 3. The first-order chi connectivity index (χ1) is 9.22. The number of hydrogen-bond acceptors (Lipinski definition) is 2. The molecule has 1 aliphatic heterocycles. The minimum absolute atomic E-state index is 0.0549. The van der Waals surface area contributed by atoms with Gasteiger partial charge in [0.2, 0.25) is 5.91 Å². The number of aromatic amines is 1. The smallest absolute Gasteiger partial charge is 0.249 e. The summed E-state index contributed by atoms with van der Waals surface area (Å²) in [6.07, 6.45) is 0.902. The predicted molar refractivity (Wildman–Crippen MR) is 74.0 cm³/mol. The second-order valence-corrected chi connectivity index (χ2v) is 5.01. The third-order valence-electron chi connectivity index (χ3n) is 3.92. The molecule has 0 fully saturated rings. The Bertz CT molecular complexity index is 618. The van der Waals surface area contributed by atoms with Crippen LogP contribution in [0.1, 0.15) is 24.2 Å². The highest BCUT2D eigenvalue weighted by Gasteiger charge is 2.29. The Morgan fingerprint density at radius 2 is 2.26 bits per heavy atom. The van der Waals surface area contributed by atoms with Crippen molar-refractivity contribution in [3.63, 3.8) is 0 Å². The molecular formula is C15H18N2O2. The molecule has 1 aromatic heterocycles. The number of nitrogens with one attached hydrogen (secondary N) is 1. The van der Waals surface area contributed by atoms with Gasteiger partial charge in [0.25, 0.3) is 0 Å². The molecule has 0 spiro atoms. The number of methoxy groups -OCH3 is 1. The highest BCUT2D eigenvalue weighted by Crippen LogP contribution is 2.33. The van der Waals surface area contributed by atoms with Gasteiger partial charge >= 0.3 is 0 Å². The number of aromatic nitrogens is 1. The molecule has 0 bridgehead atoms. The molecule has 100 valence electrons. The van der Waals surface area contributed by atoms with E-state index in [9.17, 15) is 4.79 Å². The molecule has 1 aliphatic rings. The van der Waals surface area contributed by atoms with Gasteiger partial charge in [-0.3, -0.25) is 4.79 Å². The summed E-state index contributed by atoms with van der Waals surface area (Å²) in [4.78, 5) is 17.4. The van der Waals surface area contributed by atoms with Gasteiger partial charge in [-0.25, -0.2) is 0 Å². The van der Waals surface area contributed by atoms with Gasteiger partial charge in [0, 0.05) is 30.3 Å². The molecule has 2 heterocycles.